The van der Waals surface area contributed by atoms with Crippen LogP contribution >= 0.6 is 12.2 Å². The number of carbonyl (C=O) groups excluding carboxylic acids is 1. The van der Waals surface area contributed by atoms with Gasteiger partial charge in [0.05, 0.1) is 6.61 Å². The predicted octanol–water partition coefficient (Wildman–Crippen LogP) is 2.98. The van der Waals surface area contributed by atoms with Crippen LogP contribution in [0.25, 0.3) is 0 Å². The number of aromatic nitrogens is 2. The third kappa shape index (κ3) is 6.53. The first kappa shape index (κ1) is 17.4. The van der Waals surface area contributed by atoms with Crippen molar-refractivity contribution in [3.63, 3.8) is 0 Å². The first-order chi connectivity index (χ1) is 10.0. The lowest BCUT2D eigenvalue weighted by Gasteiger charge is -2.06. The molecule has 5 nitrogen and oxygen atoms in total. The second kappa shape index (κ2) is 9.28. The first-order valence-corrected chi connectivity index (χ1v) is 7.60. The number of hydrogen-bond donors (Lipinski definition) is 1. The zero-order valence-electron chi connectivity index (χ0n) is 12.4. The normalized spacial score (nSPS) is 10.3. The number of ether oxygens (including phenoxy) is 1. The van der Waals surface area contributed by atoms with E-state index >= 15 is 0 Å². The van der Waals surface area contributed by atoms with Gasteiger partial charge in [-0.05, 0) is 31.7 Å². The van der Waals surface area contributed by atoms with Crippen molar-refractivity contribution in [2.75, 3.05) is 6.61 Å². The number of nitrogens with one attached hydrogen (secondary N) is 1. The molecule has 0 aliphatic rings. The Morgan fingerprint density at radius 1 is 1.38 bits per heavy atom. The summed E-state index contributed by atoms with van der Waals surface area (Å²) in [5.74, 6) is -0.302. The number of H-pyrrole nitrogens is 1. The van der Waals surface area contributed by atoms with Gasteiger partial charge < -0.3 is 9.30 Å². The molecule has 1 N–H and O–H groups in total. The zero-order chi connectivity index (χ0) is 15.7. The summed E-state index contributed by atoms with van der Waals surface area (Å²) in [5.41, 5.74) is 0.338. The van der Waals surface area contributed by atoms with E-state index in [1.165, 1.54) is 0 Å². The molecule has 1 aromatic rings. The lowest BCUT2D eigenvalue weighted by molar-refractivity contribution is -0.139. The minimum Gasteiger partial charge on any atom is -0.462 e. The Labute approximate surface area is 129 Å². The van der Waals surface area contributed by atoms with E-state index in [-0.39, 0.29) is 11.7 Å². The highest BCUT2D eigenvalue weighted by Gasteiger charge is 2.05. The summed E-state index contributed by atoms with van der Waals surface area (Å²) in [4.78, 5) is 25.5. The Balaban J connectivity index is 2.12. The molecule has 1 heterocycles. The summed E-state index contributed by atoms with van der Waals surface area (Å²) in [5, 5.41) is 0. The number of esters is 1. The summed E-state index contributed by atoms with van der Waals surface area (Å²) in [6.45, 7) is 6.60. The number of aryl methyl sites for hydroxylation is 1. The second-order valence-corrected chi connectivity index (χ2v) is 5.25. The number of carbonyl (C=O) groups is 1. The summed E-state index contributed by atoms with van der Waals surface area (Å²) >= 11 is 4.87. The van der Waals surface area contributed by atoms with E-state index in [1.807, 2.05) is 6.92 Å². The molecule has 0 aromatic carbocycles. The Morgan fingerprint density at radius 3 is 2.76 bits per heavy atom. The molecule has 1 rings (SSSR count). The highest BCUT2D eigenvalue weighted by Crippen LogP contribution is 2.04. The summed E-state index contributed by atoms with van der Waals surface area (Å²) < 4.78 is 7.14. The monoisotopic (exact) mass is 310 g/mol. The van der Waals surface area contributed by atoms with Gasteiger partial charge in [-0.2, -0.15) is 0 Å². The maximum atomic E-state index is 11.5. The summed E-state index contributed by atoms with van der Waals surface area (Å²) in [6.07, 6.45) is 6.00. The van der Waals surface area contributed by atoms with E-state index in [4.69, 9.17) is 17.0 Å². The van der Waals surface area contributed by atoms with Gasteiger partial charge in [0.1, 0.15) is 4.64 Å². The molecule has 1 aromatic heterocycles. The van der Waals surface area contributed by atoms with Gasteiger partial charge in [0.25, 0.3) is 0 Å². The molecule has 0 spiro atoms. The number of unbranched alkanes of at least 4 members (excludes halogenated alkanes) is 3. The van der Waals surface area contributed by atoms with Crippen LogP contribution in [0.1, 0.15) is 39.0 Å². The van der Waals surface area contributed by atoms with E-state index in [0.717, 1.165) is 25.7 Å². The Kier molecular flexibility index (Phi) is 7.68. The van der Waals surface area contributed by atoms with Crippen molar-refractivity contribution < 1.29 is 9.53 Å². The maximum absolute atomic E-state index is 11.5. The molecule has 116 valence electrons. The molecule has 0 unspecified atom stereocenters. The number of rotatable bonds is 9. The molecule has 0 bridgehead atoms. The van der Waals surface area contributed by atoms with Crippen molar-refractivity contribution in [2.45, 2.75) is 45.6 Å². The van der Waals surface area contributed by atoms with Gasteiger partial charge >= 0.3 is 11.7 Å². The van der Waals surface area contributed by atoms with Gasteiger partial charge in [-0.1, -0.05) is 32.1 Å². The van der Waals surface area contributed by atoms with Crippen LogP contribution in [0.5, 0.6) is 0 Å². The molecule has 0 aliphatic heterocycles. The van der Waals surface area contributed by atoms with Crippen LogP contribution in [-0.2, 0) is 16.1 Å². The van der Waals surface area contributed by atoms with E-state index in [9.17, 15) is 9.59 Å². The Bertz CT molecular complexity index is 589. The van der Waals surface area contributed by atoms with Crippen LogP contribution < -0.4 is 5.69 Å². The highest BCUT2D eigenvalue weighted by atomic mass is 32.1. The minimum atomic E-state index is -0.302. The topological polar surface area (TPSA) is 64.1 Å². The van der Waals surface area contributed by atoms with Crippen molar-refractivity contribution in [2.24, 2.45) is 0 Å². The van der Waals surface area contributed by atoms with Gasteiger partial charge in [-0.15, -0.1) is 0 Å². The summed E-state index contributed by atoms with van der Waals surface area (Å²) in [6, 6.07) is 1.71. The average molecular weight is 310 g/mol. The summed E-state index contributed by atoms with van der Waals surface area (Å²) in [7, 11) is 0. The van der Waals surface area contributed by atoms with Crippen molar-refractivity contribution in [3.05, 3.63) is 39.5 Å². The molecule has 0 atom stereocenters. The molecule has 21 heavy (non-hydrogen) atoms. The minimum absolute atomic E-state index is 0.172. The fourth-order valence-electron chi connectivity index (χ4n) is 1.77. The van der Waals surface area contributed by atoms with Crippen LogP contribution in [0.4, 0.5) is 0 Å². The SMILES string of the molecule is C=C(CC)C(=O)OCCCCCCn1ccc(=S)[nH]c1=O. The quantitative estimate of drug-likeness (QED) is 0.330. The highest BCUT2D eigenvalue weighted by molar-refractivity contribution is 7.71. The predicted molar refractivity (Wildman–Crippen MR) is 84.7 cm³/mol. The molecule has 6 heteroatoms. The van der Waals surface area contributed by atoms with Gasteiger partial charge in [0.2, 0.25) is 0 Å². The molecular formula is C15H22N2O3S. The van der Waals surface area contributed by atoms with Crippen LogP contribution in [0.15, 0.2) is 29.2 Å². The van der Waals surface area contributed by atoms with Gasteiger partial charge in [-0.25, -0.2) is 9.59 Å². The van der Waals surface area contributed by atoms with E-state index in [0.29, 0.717) is 29.8 Å². The third-order valence-electron chi connectivity index (χ3n) is 3.14. The Hall–Kier alpha value is -1.69. The standard InChI is InChI=1S/C15H22N2O3S/c1-3-12(2)14(18)20-11-7-5-4-6-9-17-10-8-13(21)16-15(17)19/h8,10H,2-7,9,11H2,1H3,(H,16,19,21). The largest absolute Gasteiger partial charge is 0.462 e. The number of hydrogen-bond acceptors (Lipinski definition) is 4. The fraction of sp³-hybridized carbons (Fsp3) is 0.533. The van der Waals surface area contributed by atoms with E-state index in [1.54, 1.807) is 16.8 Å². The van der Waals surface area contributed by atoms with Gasteiger partial charge in [0, 0.05) is 18.3 Å². The fourth-order valence-corrected chi connectivity index (χ4v) is 1.92. The lowest BCUT2D eigenvalue weighted by atomic mass is 10.2. The lowest BCUT2D eigenvalue weighted by Crippen LogP contribution is -2.22. The van der Waals surface area contributed by atoms with Gasteiger partial charge in [0.15, 0.2) is 0 Å². The van der Waals surface area contributed by atoms with Crippen LogP contribution in [0.3, 0.4) is 0 Å². The Morgan fingerprint density at radius 2 is 2.10 bits per heavy atom. The molecule has 0 aliphatic carbocycles. The molecule has 0 saturated heterocycles. The molecule has 0 fully saturated rings. The van der Waals surface area contributed by atoms with Crippen LogP contribution in [-0.4, -0.2) is 22.1 Å². The van der Waals surface area contributed by atoms with Crippen molar-refractivity contribution in [1.29, 1.82) is 0 Å². The first-order valence-electron chi connectivity index (χ1n) is 7.19. The van der Waals surface area contributed by atoms with Crippen LogP contribution in [0, 0.1) is 4.64 Å². The van der Waals surface area contributed by atoms with E-state index < -0.39 is 0 Å². The number of aromatic amines is 1. The molecule has 0 radical (unpaired) electrons. The van der Waals surface area contributed by atoms with E-state index in [2.05, 4.69) is 11.6 Å². The molecule has 0 saturated carbocycles. The van der Waals surface area contributed by atoms with Crippen molar-refractivity contribution >= 4 is 18.2 Å². The van der Waals surface area contributed by atoms with Gasteiger partial charge in [-0.3, -0.25) is 4.98 Å². The number of nitrogens with zero attached hydrogens (tertiary/aromatic N) is 1. The second-order valence-electron chi connectivity index (χ2n) is 4.81. The third-order valence-corrected chi connectivity index (χ3v) is 3.38. The smallest absolute Gasteiger partial charge is 0.333 e. The van der Waals surface area contributed by atoms with Crippen molar-refractivity contribution in [1.82, 2.24) is 9.55 Å². The molecule has 0 amide bonds. The maximum Gasteiger partial charge on any atom is 0.333 e. The zero-order valence-corrected chi connectivity index (χ0v) is 13.2. The molecular weight excluding hydrogens is 288 g/mol. The van der Waals surface area contributed by atoms with Crippen LogP contribution in [0.2, 0.25) is 0 Å². The van der Waals surface area contributed by atoms with Crippen molar-refractivity contribution in [3.8, 4) is 0 Å². The average Bonchev–Trinajstić information content (AvgIpc) is 2.47.